The van der Waals surface area contributed by atoms with Gasteiger partial charge in [-0.3, -0.25) is 4.79 Å². The highest BCUT2D eigenvalue weighted by atomic mass is 35.5. The van der Waals surface area contributed by atoms with E-state index < -0.39 is 11.4 Å². The maximum atomic E-state index is 13.3. The number of anilines is 2. The zero-order chi connectivity index (χ0) is 30.0. The van der Waals surface area contributed by atoms with E-state index >= 15 is 0 Å². The Morgan fingerprint density at radius 1 is 1.00 bits per heavy atom. The molecule has 0 spiro atoms. The predicted octanol–water partition coefficient (Wildman–Crippen LogP) is 6.11. The number of methoxy groups -OCH3 is 2. The van der Waals surface area contributed by atoms with Gasteiger partial charge in [0, 0.05) is 23.3 Å². The minimum Gasteiger partial charge on any atom is -0.496 e. The van der Waals surface area contributed by atoms with Crippen molar-refractivity contribution in [3.63, 3.8) is 0 Å². The fourth-order valence-electron chi connectivity index (χ4n) is 4.40. The van der Waals surface area contributed by atoms with Gasteiger partial charge in [0.15, 0.2) is 5.65 Å². The highest BCUT2D eigenvalue weighted by Crippen LogP contribution is 2.32. The molecule has 0 radical (unpaired) electrons. The summed E-state index contributed by atoms with van der Waals surface area (Å²) in [4.78, 5) is 17.5. The van der Waals surface area contributed by atoms with E-state index in [-0.39, 0.29) is 17.5 Å². The monoisotopic (exact) mass is 589 g/mol. The van der Waals surface area contributed by atoms with E-state index in [1.807, 2.05) is 36.5 Å². The van der Waals surface area contributed by atoms with Crippen LogP contribution in [0.2, 0.25) is 5.02 Å². The van der Waals surface area contributed by atoms with E-state index in [1.54, 1.807) is 43.7 Å². The summed E-state index contributed by atoms with van der Waals surface area (Å²) in [5.41, 5.74) is 3.56. The number of hydrogen-bond donors (Lipinski definition) is 3. The second-order valence-electron chi connectivity index (χ2n) is 10.1. The maximum Gasteiger partial charge on any atom is 0.255 e. The van der Waals surface area contributed by atoms with E-state index in [1.165, 1.54) is 25.3 Å². The van der Waals surface area contributed by atoms with Crippen LogP contribution in [-0.2, 0) is 12.1 Å². The first-order valence-electron chi connectivity index (χ1n) is 13.0. The molecule has 0 atom stereocenters. The molecule has 3 N–H and O–H groups in total. The minimum atomic E-state index is -1.01. The van der Waals surface area contributed by atoms with E-state index in [0.717, 1.165) is 11.1 Å². The largest absolute Gasteiger partial charge is 0.496 e. The third kappa shape index (κ3) is 6.14. The second kappa shape index (κ2) is 11.7. The summed E-state index contributed by atoms with van der Waals surface area (Å²) in [6.07, 6.45) is 1.83. The van der Waals surface area contributed by atoms with Crippen LogP contribution in [0.1, 0.15) is 35.3 Å². The van der Waals surface area contributed by atoms with E-state index in [2.05, 4.69) is 20.7 Å². The molecule has 3 aromatic carbocycles. The molecule has 5 rings (SSSR count). The number of halogens is 2. The first-order chi connectivity index (χ1) is 20.0. The molecule has 0 bridgehead atoms. The molecule has 2 heterocycles. The Labute approximate surface area is 246 Å². The molecule has 0 aliphatic carbocycles. The number of carbonyl (C=O) groups is 1. The van der Waals surface area contributed by atoms with Gasteiger partial charge in [0.1, 0.15) is 17.3 Å². The number of fused-ring (bicyclic) bond motifs is 1. The molecule has 216 valence electrons. The number of nitrogens with one attached hydrogen (secondary N) is 2. The number of amides is 1. The van der Waals surface area contributed by atoms with Gasteiger partial charge in [-0.2, -0.15) is 4.98 Å². The Hall–Kier alpha value is -4.67. The van der Waals surface area contributed by atoms with Crippen molar-refractivity contribution < 1.29 is 23.8 Å². The van der Waals surface area contributed by atoms with Crippen LogP contribution in [0.4, 0.5) is 16.0 Å². The number of pyridine rings is 1. The lowest BCUT2D eigenvalue weighted by Gasteiger charge is -2.19. The fraction of sp³-hybridized carbons (Fsp3) is 0.194. The van der Waals surface area contributed by atoms with E-state index in [9.17, 15) is 14.3 Å². The molecule has 0 fully saturated rings. The van der Waals surface area contributed by atoms with Gasteiger partial charge in [-0.25, -0.2) is 8.91 Å². The Kier molecular flexibility index (Phi) is 8.02. The maximum absolute atomic E-state index is 13.3. The van der Waals surface area contributed by atoms with Crippen LogP contribution in [0, 0.1) is 5.82 Å². The van der Waals surface area contributed by atoms with Crippen molar-refractivity contribution in [2.24, 2.45) is 0 Å². The molecule has 0 saturated carbocycles. The summed E-state index contributed by atoms with van der Waals surface area (Å²) in [5.74, 6) is 0.505. The summed E-state index contributed by atoms with van der Waals surface area (Å²) < 4.78 is 26.0. The summed E-state index contributed by atoms with van der Waals surface area (Å²) in [6.45, 7) is 3.55. The van der Waals surface area contributed by atoms with Gasteiger partial charge in [0.05, 0.1) is 31.1 Å². The summed E-state index contributed by atoms with van der Waals surface area (Å²) in [6, 6.07) is 18.4. The number of ether oxygens (including phenoxy) is 2. The number of aromatic nitrogens is 3. The van der Waals surface area contributed by atoms with Crippen molar-refractivity contribution in [3.05, 3.63) is 100 Å². The van der Waals surface area contributed by atoms with Gasteiger partial charge >= 0.3 is 0 Å². The molecule has 42 heavy (non-hydrogen) atoms. The topological polar surface area (TPSA) is 110 Å². The van der Waals surface area contributed by atoms with Crippen LogP contribution in [0.5, 0.6) is 11.5 Å². The van der Waals surface area contributed by atoms with E-state index in [0.29, 0.717) is 45.5 Å². The van der Waals surface area contributed by atoms with Crippen molar-refractivity contribution >= 4 is 34.8 Å². The fourth-order valence-corrected chi connectivity index (χ4v) is 4.63. The van der Waals surface area contributed by atoms with Crippen molar-refractivity contribution in [1.29, 1.82) is 0 Å². The van der Waals surface area contributed by atoms with Crippen LogP contribution in [0.15, 0.2) is 72.9 Å². The number of nitrogens with zero attached hydrogens (tertiary/aromatic N) is 3. The lowest BCUT2D eigenvalue weighted by Crippen LogP contribution is -2.23. The molecule has 2 aromatic heterocycles. The van der Waals surface area contributed by atoms with Crippen molar-refractivity contribution in [3.8, 4) is 22.6 Å². The van der Waals surface area contributed by atoms with Gasteiger partial charge in [-0.15, -0.1) is 5.10 Å². The molecule has 0 saturated heterocycles. The molecule has 5 aromatic rings. The van der Waals surface area contributed by atoms with Gasteiger partial charge in [-0.05, 0) is 79.1 Å². The number of rotatable bonds is 9. The number of hydrogen-bond acceptors (Lipinski definition) is 7. The van der Waals surface area contributed by atoms with Crippen LogP contribution in [-0.4, -0.2) is 39.8 Å². The highest BCUT2D eigenvalue weighted by molar-refractivity contribution is 6.31. The van der Waals surface area contributed by atoms with Crippen LogP contribution in [0.25, 0.3) is 16.8 Å². The molecule has 0 unspecified atom stereocenters. The lowest BCUT2D eigenvalue weighted by atomic mass is 9.98. The zero-order valence-electron chi connectivity index (χ0n) is 23.4. The Balaban J connectivity index is 1.35. The third-order valence-electron chi connectivity index (χ3n) is 6.72. The summed E-state index contributed by atoms with van der Waals surface area (Å²) >= 11 is 6.08. The number of aliphatic hydroxyl groups is 1. The lowest BCUT2D eigenvalue weighted by molar-refractivity contribution is 0.0783. The van der Waals surface area contributed by atoms with Gasteiger partial charge in [0.2, 0.25) is 5.95 Å². The average molecular weight is 590 g/mol. The van der Waals surface area contributed by atoms with Gasteiger partial charge in [-0.1, -0.05) is 29.8 Å². The molecular formula is C31H29ClFN5O4. The van der Waals surface area contributed by atoms with Crippen molar-refractivity contribution in [1.82, 2.24) is 19.9 Å². The third-order valence-corrected chi connectivity index (χ3v) is 7.07. The van der Waals surface area contributed by atoms with Crippen molar-refractivity contribution in [2.45, 2.75) is 26.0 Å². The second-order valence-corrected chi connectivity index (χ2v) is 10.5. The SMILES string of the molecule is COc1cc(C(C)(C)O)ccc1Nc1nc2ccc(-c3ccc(C(=O)NCc4ccc(F)cc4Cl)c(OC)c3)cn2n1. The zero-order valence-corrected chi connectivity index (χ0v) is 24.2. The minimum absolute atomic E-state index is 0.137. The quantitative estimate of drug-likeness (QED) is 0.190. The van der Waals surface area contributed by atoms with Crippen LogP contribution < -0.4 is 20.1 Å². The standard InChI is InChI=1S/C31H29ClFN5O4/c1-31(2,40)21-8-11-25(27(14-21)42-4)35-30-36-28-12-7-20(17-38(28)37-30)18-6-10-23(26(13-18)41-3)29(39)34-16-19-5-9-22(33)15-24(19)32/h5-15,17,40H,16H2,1-4H3,(H,34,39)(H,35,37). The predicted molar refractivity (Wildman–Crippen MR) is 159 cm³/mol. The highest BCUT2D eigenvalue weighted by Gasteiger charge is 2.19. The van der Waals surface area contributed by atoms with E-state index in [4.69, 9.17) is 21.1 Å². The first kappa shape index (κ1) is 28.8. The number of benzene rings is 3. The van der Waals surface area contributed by atoms with Crippen molar-refractivity contribution in [2.75, 3.05) is 19.5 Å². The van der Waals surface area contributed by atoms with Gasteiger partial charge < -0.3 is 25.2 Å². The molecule has 11 heteroatoms. The summed E-state index contributed by atoms with van der Waals surface area (Å²) in [7, 11) is 3.05. The average Bonchev–Trinajstić information content (AvgIpc) is 3.37. The molecule has 0 aliphatic rings. The molecule has 0 aliphatic heterocycles. The number of carbonyl (C=O) groups excluding carboxylic acids is 1. The van der Waals surface area contributed by atoms with Gasteiger partial charge in [0.25, 0.3) is 5.91 Å². The Morgan fingerprint density at radius 2 is 1.76 bits per heavy atom. The van der Waals surface area contributed by atoms with Crippen LogP contribution >= 0.6 is 11.6 Å². The van der Waals surface area contributed by atoms with Crippen LogP contribution in [0.3, 0.4) is 0 Å². The smallest absolute Gasteiger partial charge is 0.255 e. The Morgan fingerprint density at radius 3 is 2.48 bits per heavy atom. The molecule has 1 amide bonds. The molecule has 9 nitrogen and oxygen atoms in total. The Bertz CT molecular complexity index is 1780. The summed E-state index contributed by atoms with van der Waals surface area (Å²) in [5, 5.41) is 21.1. The normalized spacial score (nSPS) is 11.4. The molecular weight excluding hydrogens is 561 g/mol. The first-order valence-corrected chi connectivity index (χ1v) is 13.4.